The topological polar surface area (TPSA) is 102 Å². The molecule has 0 spiro atoms. The van der Waals surface area contributed by atoms with Crippen LogP contribution in [0.3, 0.4) is 0 Å². The predicted octanol–water partition coefficient (Wildman–Crippen LogP) is 1.79. The Morgan fingerprint density at radius 2 is 1.75 bits per heavy atom. The molecule has 0 fully saturated rings. The van der Waals surface area contributed by atoms with Gasteiger partial charge in [-0.25, -0.2) is 4.68 Å². The average Bonchev–Trinajstić information content (AvgIpc) is 2.71. The number of fused-ring (bicyclic) bond motifs is 1. The van der Waals surface area contributed by atoms with Gasteiger partial charge in [0, 0.05) is 12.4 Å². The van der Waals surface area contributed by atoms with Crippen molar-refractivity contribution in [3.63, 3.8) is 0 Å². The Hall–Kier alpha value is -3.68. The van der Waals surface area contributed by atoms with Gasteiger partial charge in [-0.1, -0.05) is 30.3 Å². The highest BCUT2D eigenvalue weighted by Crippen LogP contribution is 2.23. The van der Waals surface area contributed by atoms with Crippen molar-refractivity contribution in [1.29, 1.82) is 0 Å². The first-order valence-electron chi connectivity index (χ1n) is 8.78. The quantitative estimate of drug-likeness (QED) is 0.679. The van der Waals surface area contributed by atoms with Crippen molar-refractivity contribution < 1.29 is 14.3 Å². The van der Waals surface area contributed by atoms with Crippen LogP contribution in [0.15, 0.2) is 53.3 Å². The molecule has 0 atom stereocenters. The summed E-state index contributed by atoms with van der Waals surface area (Å²) in [6.07, 6.45) is 0. The Morgan fingerprint density at radius 1 is 1.07 bits per heavy atom. The molecule has 8 heteroatoms. The predicted molar refractivity (Wildman–Crippen MR) is 106 cm³/mol. The molecule has 0 saturated carbocycles. The van der Waals surface area contributed by atoms with Crippen LogP contribution in [0, 0.1) is 0 Å². The number of rotatable bonds is 6. The van der Waals surface area contributed by atoms with E-state index in [1.54, 1.807) is 48.5 Å². The van der Waals surface area contributed by atoms with Gasteiger partial charge in [0.25, 0.3) is 11.5 Å². The van der Waals surface area contributed by atoms with Gasteiger partial charge >= 0.3 is 0 Å². The molecule has 0 bridgehead atoms. The number of benzene rings is 2. The maximum absolute atomic E-state index is 12.7. The van der Waals surface area contributed by atoms with Crippen molar-refractivity contribution >= 4 is 28.3 Å². The zero-order valence-corrected chi connectivity index (χ0v) is 15.6. The first kappa shape index (κ1) is 19.1. The normalized spacial score (nSPS) is 10.5. The number of ether oxygens (including phenoxy) is 1. The molecule has 144 valence electrons. The van der Waals surface area contributed by atoms with Crippen LogP contribution in [0.4, 0.5) is 5.69 Å². The maximum atomic E-state index is 12.7. The number of hydrogen-bond donors (Lipinski definition) is 2. The van der Waals surface area contributed by atoms with Crippen LogP contribution < -0.4 is 20.9 Å². The van der Waals surface area contributed by atoms with Gasteiger partial charge in [0.05, 0.1) is 17.7 Å². The van der Waals surface area contributed by atoms with Gasteiger partial charge in [-0.15, -0.1) is 0 Å². The Morgan fingerprint density at radius 3 is 2.46 bits per heavy atom. The lowest BCUT2D eigenvalue weighted by Gasteiger charge is -2.13. The molecule has 2 aromatic carbocycles. The fourth-order valence-corrected chi connectivity index (χ4v) is 2.81. The van der Waals surface area contributed by atoms with E-state index in [4.69, 9.17) is 4.74 Å². The smallest absolute Gasteiger partial charge is 0.275 e. The number of anilines is 1. The van der Waals surface area contributed by atoms with Crippen LogP contribution in [0.5, 0.6) is 5.75 Å². The standard InChI is InChI=1S/C20H20N4O4/c1-3-28-16-11-7-6-10-15(16)22-17(25)12-24-20(27)14-9-5-4-8-13(14)18(23-24)19(26)21-2/h4-11H,3,12H2,1-2H3,(H,21,26)(H,22,25). The zero-order chi connectivity index (χ0) is 20.1. The van der Waals surface area contributed by atoms with Crippen LogP contribution in [-0.4, -0.2) is 35.2 Å². The number of aromatic nitrogens is 2. The molecule has 0 aliphatic heterocycles. The average molecular weight is 380 g/mol. The Labute approximate surface area is 161 Å². The van der Waals surface area contributed by atoms with Crippen LogP contribution in [0.2, 0.25) is 0 Å². The monoisotopic (exact) mass is 380 g/mol. The Kier molecular flexibility index (Phi) is 5.69. The van der Waals surface area contributed by atoms with Crippen molar-refractivity contribution in [3.8, 4) is 5.75 Å². The molecule has 0 aliphatic carbocycles. The van der Waals surface area contributed by atoms with Gasteiger partial charge < -0.3 is 15.4 Å². The largest absolute Gasteiger partial charge is 0.492 e. The summed E-state index contributed by atoms with van der Waals surface area (Å²) in [5.74, 6) is -0.366. The third kappa shape index (κ3) is 3.85. The number of hydrogen-bond acceptors (Lipinski definition) is 5. The van der Waals surface area contributed by atoms with Crippen LogP contribution >= 0.6 is 0 Å². The summed E-state index contributed by atoms with van der Waals surface area (Å²) in [7, 11) is 1.48. The fourth-order valence-electron chi connectivity index (χ4n) is 2.81. The van der Waals surface area contributed by atoms with Crippen LogP contribution in [-0.2, 0) is 11.3 Å². The lowest BCUT2D eigenvalue weighted by molar-refractivity contribution is -0.117. The fraction of sp³-hybridized carbons (Fsp3) is 0.200. The van der Waals surface area contributed by atoms with E-state index in [0.717, 1.165) is 4.68 Å². The second kappa shape index (κ2) is 8.34. The highest BCUT2D eigenvalue weighted by atomic mass is 16.5. The van der Waals surface area contributed by atoms with E-state index in [0.29, 0.717) is 28.8 Å². The van der Waals surface area contributed by atoms with E-state index in [1.807, 2.05) is 6.92 Å². The van der Waals surface area contributed by atoms with E-state index >= 15 is 0 Å². The molecule has 1 aromatic heterocycles. The van der Waals surface area contributed by atoms with Crippen molar-refractivity contribution in [3.05, 3.63) is 64.6 Å². The minimum Gasteiger partial charge on any atom is -0.492 e. The molecule has 2 amide bonds. The summed E-state index contributed by atoms with van der Waals surface area (Å²) in [4.78, 5) is 37.4. The summed E-state index contributed by atoms with van der Waals surface area (Å²) in [6, 6.07) is 13.7. The van der Waals surface area contributed by atoms with E-state index < -0.39 is 17.4 Å². The van der Waals surface area contributed by atoms with Crippen molar-refractivity contribution in [2.75, 3.05) is 19.0 Å². The van der Waals surface area contributed by atoms with Gasteiger partial charge in [0.15, 0.2) is 5.69 Å². The third-order valence-corrected chi connectivity index (χ3v) is 4.06. The second-order valence-electron chi connectivity index (χ2n) is 5.91. The summed E-state index contributed by atoms with van der Waals surface area (Å²) in [6.45, 7) is 1.96. The second-order valence-corrected chi connectivity index (χ2v) is 5.91. The molecule has 0 radical (unpaired) electrons. The van der Waals surface area contributed by atoms with E-state index in [2.05, 4.69) is 15.7 Å². The molecule has 8 nitrogen and oxygen atoms in total. The SMILES string of the molecule is CCOc1ccccc1NC(=O)Cn1nc(C(=O)NC)c2ccccc2c1=O. The summed E-state index contributed by atoms with van der Waals surface area (Å²) in [5.41, 5.74) is 0.131. The number of nitrogens with zero attached hydrogens (tertiary/aromatic N) is 2. The third-order valence-electron chi connectivity index (χ3n) is 4.06. The number of nitrogens with one attached hydrogen (secondary N) is 2. The molecule has 1 heterocycles. The van der Waals surface area contributed by atoms with Gasteiger partial charge in [-0.3, -0.25) is 14.4 Å². The summed E-state index contributed by atoms with van der Waals surface area (Å²) in [5, 5.41) is 10.1. The molecular weight excluding hydrogens is 360 g/mol. The van der Waals surface area contributed by atoms with Crippen molar-refractivity contribution in [1.82, 2.24) is 15.1 Å². The Balaban J connectivity index is 1.94. The molecule has 0 aliphatic rings. The van der Waals surface area contributed by atoms with Gasteiger partial charge in [0.2, 0.25) is 5.91 Å². The molecular formula is C20H20N4O4. The van der Waals surface area contributed by atoms with E-state index in [1.165, 1.54) is 7.05 Å². The lowest BCUT2D eigenvalue weighted by atomic mass is 10.1. The first-order chi connectivity index (χ1) is 13.5. The minimum atomic E-state index is -0.458. The minimum absolute atomic E-state index is 0.0835. The molecule has 0 unspecified atom stereocenters. The van der Waals surface area contributed by atoms with Gasteiger partial charge in [0.1, 0.15) is 12.3 Å². The number of carbonyl (C=O) groups is 2. The first-order valence-corrected chi connectivity index (χ1v) is 8.78. The van der Waals surface area contributed by atoms with E-state index in [-0.39, 0.29) is 12.2 Å². The van der Waals surface area contributed by atoms with Crippen molar-refractivity contribution in [2.24, 2.45) is 0 Å². The highest BCUT2D eigenvalue weighted by molar-refractivity contribution is 6.04. The van der Waals surface area contributed by atoms with Crippen molar-refractivity contribution in [2.45, 2.75) is 13.5 Å². The molecule has 2 N–H and O–H groups in total. The molecule has 3 rings (SSSR count). The lowest BCUT2D eigenvalue weighted by Crippen LogP contribution is -2.33. The molecule has 28 heavy (non-hydrogen) atoms. The van der Waals surface area contributed by atoms with E-state index in [9.17, 15) is 14.4 Å². The summed E-state index contributed by atoms with van der Waals surface area (Å²) >= 11 is 0. The highest BCUT2D eigenvalue weighted by Gasteiger charge is 2.17. The van der Waals surface area contributed by atoms with Crippen LogP contribution in [0.1, 0.15) is 17.4 Å². The number of carbonyl (C=O) groups excluding carboxylic acids is 2. The maximum Gasteiger partial charge on any atom is 0.275 e. The van der Waals surface area contributed by atoms with Gasteiger partial charge in [-0.2, -0.15) is 5.10 Å². The summed E-state index contributed by atoms with van der Waals surface area (Å²) < 4.78 is 6.47. The zero-order valence-electron chi connectivity index (χ0n) is 15.6. The molecule has 3 aromatic rings. The number of amides is 2. The number of para-hydroxylation sites is 2. The van der Waals surface area contributed by atoms with Gasteiger partial charge in [-0.05, 0) is 25.1 Å². The van der Waals surface area contributed by atoms with Crippen LogP contribution in [0.25, 0.3) is 10.8 Å². The Bertz CT molecular complexity index is 1090. The molecule has 0 saturated heterocycles.